The zero-order valence-electron chi connectivity index (χ0n) is 10.2. The minimum atomic E-state index is 1.23. The van der Waals surface area contributed by atoms with E-state index in [1.165, 1.54) is 75.1 Å². The van der Waals surface area contributed by atoms with Crippen LogP contribution in [0, 0.1) is 0 Å². The summed E-state index contributed by atoms with van der Waals surface area (Å²) < 4.78 is 1.42. The zero-order valence-corrected chi connectivity index (χ0v) is 10.2. The third kappa shape index (κ3) is 1.91. The van der Waals surface area contributed by atoms with Gasteiger partial charge in [0.1, 0.15) is 0 Å². The maximum Gasteiger partial charge on any atom is 0.0965 e. The SMILES string of the molecule is C1=CC(N2CC[N+]3(CCCC3)CC2)=CCC1. The topological polar surface area (TPSA) is 3.24 Å². The molecular formula is C14H23N2+. The number of quaternary nitrogens is 1. The van der Waals surface area contributed by atoms with Crippen molar-refractivity contribution in [3.8, 4) is 0 Å². The van der Waals surface area contributed by atoms with Gasteiger partial charge in [0.15, 0.2) is 0 Å². The van der Waals surface area contributed by atoms with Crippen molar-refractivity contribution in [3.63, 3.8) is 0 Å². The van der Waals surface area contributed by atoms with E-state index in [0.29, 0.717) is 0 Å². The first-order valence-corrected chi connectivity index (χ1v) is 6.85. The molecule has 3 rings (SSSR count). The Bertz CT molecular complexity index is 301. The van der Waals surface area contributed by atoms with Crippen LogP contribution < -0.4 is 0 Å². The van der Waals surface area contributed by atoms with Gasteiger partial charge in [-0.1, -0.05) is 12.2 Å². The van der Waals surface area contributed by atoms with Crippen LogP contribution in [0.1, 0.15) is 25.7 Å². The Hall–Kier alpha value is -0.760. The highest BCUT2D eigenvalue weighted by Gasteiger charge is 2.35. The molecule has 2 heteroatoms. The highest BCUT2D eigenvalue weighted by Crippen LogP contribution is 2.24. The first-order chi connectivity index (χ1) is 7.88. The predicted molar refractivity (Wildman–Crippen MR) is 67.0 cm³/mol. The molecule has 2 fully saturated rings. The van der Waals surface area contributed by atoms with E-state index in [2.05, 4.69) is 23.1 Å². The summed E-state index contributed by atoms with van der Waals surface area (Å²) in [6.07, 6.45) is 12.5. The Balaban J connectivity index is 1.61. The van der Waals surface area contributed by atoms with Crippen molar-refractivity contribution in [2.24, 2.45) is 0 Å². The van der Waals surface area contributed by atoms with Crippen molar-refractivity contribution in [3.05, 3.63) is 23.9 Å². The van der Waals surface area contributed by atoms with Crippen molar-refractivity contribution in [2.75, 3.05) is 39.3 Å². The highest BCUT2D eigenvalue weighted by atomic mass is 15.4. The second-order valence-corrected chi connectivity index (χ2v) is 5.54. The van der Waals surface area contributed by atoms with Crippen molar-refractivity contribution in [1.82, 2.24) is 4.90 Å². The molecule has 0 aromatic carbocycles. The summed E-state index contributed by atoms with van der Waals surface area (Å²) in [4.78, 5) is 2.59. The molecule has 0 atom stereocenters. The fourth-order valence-corrected chi connectivity index (χ4v) is 3.44. The van der Waals surface area contributed by atoms with E-state index in [-0.39, 0.29) is 0 Å². The normalized spacial score (nSPS) is 28.5. The van der Waals surface area contributed by atoms with Crippen molar-refractivity contribution in [2.45, 2.75) is 25.7 Å². The smallest absolute Gasteiger partial charge is 0.0965 e. The van der Waals surface area contributed by atoms with Crippen LogP contribution in [0.5, 0.6) is 0 Å². The number of piperazine rings is 1. The molecule has 16 heavy (non-hydrogen) atoms. The number of hydrogen-bond acceptors (Lipinski definition) is 1. The molecule has 1 aliphatic carbocycles. The van der Waals surface area contributed by atoms with Crippen LogP contribution in [-0.2, 0) is 0 Å². The van der Waals surface area contributed by atoms with Crippen molar-refractivity contribution >= 4 is 0 Å². The molecule has 0 aromatic heterocycles. The fraction of sp³-hybridized carbons (Fsp3) is 0.714. The molecule has 0 aromatic rings. The van der Waals surface area contributed by atoms with Crippen molar-refractivity contribution in [1.29, 1.82) is 0 Å². The molecule has 0 bridgehead atoms. The van der Waals surface area contributed by atoms with Gasteiger partial charge in [-0.05, 0) is 18.9 Å². The molecule has 0 amide bonds. The average Bonchev–Trinajstić information content (AvgIpc) is 2.80. The molecule has 0 unspecified atom stereocenters. The number of rotatable bonds is 1. The minimum Gasteiger partial charge on any atom is -0.360 e. The van der Waals surface area contributed by atoms with Crippen LogP contribution in [0.3, 0.4) is 0 Å². The van der Waals surface area contributed by atoms with Gasteiger partial charge in [-0.15, -0.1) is 0 Å². The van der Waals surface area contributed by atoms with Gasteiger partial charge < -0.3 is 9.38 Å². The summed E-state index contributed by atoms with van der Waals surface area (Å²) in [5.41, 5.74) is 1.49. The number of allylic oxidation sites excluding steroid dienone is 3. The molecule has 2 aliphatic heterocycles. The standard InChI is InChI=1S/C14H23N2/c1-2-6-14(7-3-1)15-8-12-16(13-9-15)10-4-5-11-16/h2,6-7H,1,3-5,8-13H2/q+1. The molecule has 0 radical (unpaired) electrons. The number of nitrogens with zero attached hydrogens (tertiary/aromatic N) is 2. The summed E-state index contributed by atoms with van der Waals surface area (Å²) >= 11 is 0. The van der Waals surface area contributed by atoms with Crippen LogP contribution in [0.25, 0.3) is 0 Å². The van der Waals surface area contributed by atoms with Crippen LogP contribution in [0.4, 0.5) is 0 Å². The summed E-state index contributed by atoms with van der Waals surface area (Å²) in [6, 6.07) is 0. The molecule has 88 valence electrons. The lowest BCUT2D eigenvalue weighted by Crippen LogP contribution is -2.57. The van der Waals surface area contributed by atoms with E-state index in [9.17, 15) is 0 Å². The molecule has 2 saturated heterocycles. The van der Waals surface area contributed by atoms with E-state index in [4.69, 9.17) is 0 Å². The summed E-state index contributed by atoms with van der Waals surface area (Å²) in [7, 11) is 0. The maximum atomic E-state index is 2.59. The van der Waals surface area contributed by atoms with Gasteiger partial charge in [0.25, 0.3) is 0 Å². The molecule has 2 nitrogen and oxygen atoms in total. The minimum absolute atomic E-state index is 1.23. The monoisotopic (exact) mass is 219 g/mol. The zero-order chi connectivity index (χ0) is 10.8. The summed E-state index contributed by atoms with van der Waals surface area (Å²) in [5, 5.41) is 0. The van der Waals surface area contributed by atoms with Gasteiger partial charge in [-0.3, -0.25) is 0 Å². The average molecular weight is 219 g/mol. The Labute approximate surface area is 98.8 Å². The Morgan fingerprint density at radius 3 is 2.31 bits per heavy atom. The van der Waals surface area contributed by atoms with Crippen LogP contribution in [0.2, 0.25) is 0 Å². The van der Waals surface area contributed by atoms with Gasteiger partial charge in [0, 0.05) is 18.5 Å². The Morgan fingerprint density at radius 2 is 1.69 bits per heavy atom. The lowest BCUT2D eigenvalue weighted by molar-refractivity contribution is -0.920. The molecule has 1 spiro atoms. The van der Waals surface area contributed by atoms with E-state index < -0.39 is 0 Å². The summed E-state index contributed by atoms with van der Waals surface area (Å²) in [5.74, 6) is 0. The van der Waals surface area contributed by atoms with E-state index >= 15 is 0 Å². The van der Waals surface area contributed by atoms with E-state index in [0.717, 1.165) is 0 Å². The van der Waals surface area contributed by atoms with Gasteiger partial charge in [0.2, 0.25) is 0 Å². The van der Waals surface area contributed by atoms with Crippen molar-refractivity contribution < 1.29 is 4.48 Å². The second-order valence-electron chi connectivity index (χ2n) is 5.54. The van der Waals surface area contributed by atoms with Gasteiger partial charge in [-0.2, -0.15) is 0 Å². The van der Waals surface area contributed by atoms with E-state index in [1.807, 2.05) is 0 Å². The molecule has 0 N–H and O–H groups in total. The van der Waals surface area contributed by atoms with Crippen LogP contribution in [0.15, 0.2) is 23.9 Å². The Kier molecular flexibility index (Phi) is 2.76. The first-order valence-electron chi connectivity index (χ1n) is 6.85. The first kappa shape index (κ1) is 10.4. The fourth-order valence-electron chi connectivity index (χ4n) is 3.44. The van der Waals surface area contributed by atoms with Gasteiger partial charge in [0.05, 0.1) is 39.3 Å². The third-order valence-corrected chi connectivity index (χ3v) is 4.54. The lowest BCUT2D eigenvalue weighted by Gasteiger charge is -2.43. The highest BCUT2D eigenvalue weighted by molar-refractivity contribution is 5.21. The van der Waals surface area contributed by atoms with E-state index in [1.54, 1.807) is 0 Å². The Morgan fingerprint density at radius 1 is 0.938 bits per heavy atom. The van der Waals surface area contributed by atoms with Gasteiger partial charge >= 0.3 is 0 Å². The van der Waals surface area contributed by atoms with Crippen LogP contribution >= 0.6 is 0 Å². The quantitative estimate of drug-likeness (QED) is 0.611. The maximum absolute atomic E-state index is 2.59. The number of hydrogen-bond donors (Lipinski definition) is 0. The van der Waals surface area contributed by atoms with Gasteiger partial charge in [-0.25, -0.2) is 0 Å². The lowest BCUT2D eigenvalue weighted by atomic mass is 10.1. The third-order valence-electron chi connectivity index (χ3n) is 4.54. The van der Waals surface area contributed by atoms with Crippen LogP contribution in [-0.4, -0.2) is 48.7 Å². The second kappa shape index (κ2) is 4.25. The molecular weight excluding hydrogens is 196 g/mol. The molecule has 2 heterocycles. The molecule has 3 aliphatic rings. The molecule has 0 saturated carbocycles. The predicted octanol–water partition coefficient (Wildman–Crippen LogP) is 2.15. The largest absolute Gasteiger partial charge is 0.360 e. The summed E-state index contributed by atoms with van der Waals surface area (Å²) in [6.45, 7) is 8.20.